The SMILES string of the molecule is Cc1cc(C)n(CN2CCCCC2)n1. The van der Waals surface area contributed by atoms with Gasteiger partial charge in [-0.2, -0.15) is 5.10 Å². The number of nitrogens with zero attached hydrogens (tertiary/aromatic N) is 3. The minimum atomic E-state index is 0.972. The summed E-state index contributed by atoms with van der Waals surface area (Å²) in [4.78, 5) is 2.49. The van der Waals surface area contributed by atoms with Crippen molar-refractivity contribution in [2.24, 2.45) is 0 Å². The van der Waals surface area contributed by atoms with Crippen molar-refractivity contribution < 1.29 is 0 Å². The molecule has 1 aliphatic rings. The minimum absolute atomic E-state index is 0.972. The predicted molar refractivity (Wildman–Crippen MR) is 57.1 cm³/mol. The summed E-state index contributed by atoms with van der Waals surface area (Å²) in [6.07, 6.45) is 4.09. The van der Waals surface area contributed by atoms with E-state index in [1.165, 1.54) is 38.0 Å². The molecule has 0 bridgehead atoms. The van der Waals surface area contributed by atoms with Crippen LogP contribution in [0.25, 0.3) is 0 Å². The van der Waals surface area contributed by atoms with Crippen LogP contribution in [0.2, 0.25) is 0 Å². The number of aryl methyl sites for hydroxylation is 2. The molecule has 3 nitrogen and oxygen atoms in total. The van der Waals surface area contributed by atoms with Crippen LogP contribution in [-0.2, 0) is 6.67 Å². The van der Waals surface area contributed by atoms with Crippen molar-refractivity contribution in [2.75, 3.05) is 13.1 Å². The fourth-order valence-electron chi connectivity index (χ4n) is 2.11. The van der Waals surface area contributed by atoms with Crippen molar-refractivity contribution in [3.05, 3.63) is 17.5 Å². The molecule has 0 aliphatic carbocycles. The molecule has 1 fully saturated rings. The van der Waals surface area contributed by atoms with Gasteiger partial charge in [0, 0.05) is 5.69 Å². The first-order valence-corrected chi connectivity index (χ1v) is 5.49. The van der Waals surface area contributed by atoms with E-state index in [2.05, 4.69) is 34.6 Å². The maximum atomic E-state index is 4.48. The van der Waals surface area contributed by atoms with Gasteiger partial charge in [-0.1, -0.05) is 6.42 Å². The van der Waals surface area contributed by atoms with Crippen LogP contribution in [0.4, 0.5) is 0 Å². The fourth-order valence-corrected chi connectivity index (χ4v) is 2.11. The Kier molecular flexibility index (Phi) is 2.87. The van der Waals surface area contributed by atoms with Gasteiger partial charge in [0.25, 0.3) is 0 Å². The predicted octanol–water partition coefficient (Wildman–Crippen LogP) is 1.94. The highest BCUT2D eigenvalue weighted by atomic mass is 15.4. The van der Waals surface area contributed by atoms with E-state index in [0.717, 1.165) is 12.4 Å². The largest absolute Gasteiger partial charge is 0.284 e. The van der Waals surface area contributed by atoms with Gasteiger partial charge in [-0.05, 0) is 45.8 Å². The molecule has 0 spiro atoms. The van der Waals surface area contributed by atoms with Crippen LogP contribution in [0.15, 0.2) is 6.07 Å². The second-order valence-corrected chi connectivity index (χ2v) is 4.25. The Bertz CT molecular complexity index is 297. The molecule has 1 aromatic heterocycles. The van der Waals surface area contributed by atoms with Gasteiger partial charge >= 0.3 is 0 Å². The Labute approximate surface area is 85.7 Å². The molecule has 1 aromatic rings. The first kappa shape index (κ1) is 9.71. The molecule has 3 heteroatoms. The van der Waals surface area contributed by atoms with Crippen LogP contribution >= 0.6 is 0 Å². The molecule has 2 heterocycles. The summed E-state index contributed by atoms with van der Waals surface area (Å²) in [6.45, 7) is 7.63. The summed E-state index contributed by atoms with van der Waals surface area (Å²) >= 11 is 0. The van der Waals surface area contributed by atoms with Crippen LogP contribution in [0.1, 0.15) is 30.7 Å². The standard InChI is InChI=1S/C11H19N3/c1-10-8-11(2)14(12-10)9-13-6-4-3-5-7-13/h8H,3-7,9H2,1-2H3. The van der Waals surface area contributed by atoms with Crippen LogP contribution in [-0.4, -0.2) is 27.8 Å². The Morgan fingerprint density at radius 3 is 2.50 bits per heavy atom. The molecule has 0 amide bonds. The summed E-state index contributed by atoms with van der Waals surface area (Å²) < 4.78 is 2.11. The highest BCUT2D eigenvalue weighted by molar-refractivity contribution is 5.06. The molecule has 1 aliphatic heterocycles. The number of aromatic nitrogens is 2. The zero-order valence-electron chi connectivity index (χ0n) is 9.16. The monoisotopic (exact) mass is 193 g/mol. The lowest BCUT2D eigenvalue weighted by atomic mass is 10.1. The van der Waals surface area contributed by atoms with E-state index in [0.29, 0.717) is 0 Å². The minimum Gasteiger partial charge on any atom is -0.284 e. The van der Waals surface area contributed by atoms with E-state index < -0.39 is 0 Å². The lowest BCUT2D eigenvalue weighted by Crippen LogP contribution is -2.32. The molecule has 0 aromatic carbocycles. The average Bonchev–Trinajstić information content (AvgIpc) is 2.47. The highest BCUT2D eigenvalue weighted by Crippen LogP contribution is 2.10. The zero-order chi connectivity index (χ0) is 9.97. The van der Waals surface area contributed by atoms with Gasteiger partial charge in [-0.15, -0.1) is 0 Å². The Hall–Kier alpha value is -0.830. The van der Waals surface area contributed by atoms with Gasteiger partial charge in [0.15, 0.2) is 0 Å². The summed E-state index contributed by atoms with van der Waals surface area (Å²) in [6, 6.07) is 2.14. The van der Waals surface area contributed by atoms with E-state index in [-0.39, 0.29) is 0 Å². The third kappa shape index (κ3) is 2.15. The third-order valence-corrected chi connectivity index (χ3v) is 2.89. The molecule has 0 N–H and O–H groups in total. The van der Waals surface area contributed by atoms with Gasteiger partial charge in [-0.3, -0.25) is 9.58 Å². The number of rotatable bonds is 2. The molecule has 14 heavy (non-hydrogen) atoms. The molecule has 0 atom stereocenters. The second-order valence-electron chi connectivity index (χ2n) is 4.25. The summed E-state index contributed by atoms with van der Waals surface area (Å²) in [7, 11) is 0. The van der Waals surface area contributed by atoms with Gasteiger partial charge in [0.1, 0.15) is 0 Å². The topological polar surface area (TPSA) is 21.1 Å². The van der Waals surface area contributed by atoms with Crippen LogP contribution in [0.5, 0.6) is 0 Å². The number of hydrogen-bond acceptors (Lipinski definition) is 2. The number of hydrogen-bond donors (Lipinski definition) is 0. The molecular weight excluding hydrogens is 174 g/mol. The molecule has 78 valence electrons. The van der Waals surface area contributed by atoms with Crippen LogP contribution < -0.4 is 0 Å². The van der Waals surface area contributed by atoms with Crippen LogP contribution in [0, 0.1) is 13.8 Å². The van der Waals surface area contributed by atoms with Gasteiger partial charge in [-0.25, -0.2) is 0 Å². The maximum Gasteiger partial charge on any atom is 0.0931 e. The normalized spacial score (nSPS) is 18.7. The Morgan fingerprint density at radius 2 is 1.93 bits per heavy atom. The third-order valence-electron chi connectivity index (χ3n) is 2.89. The van der Waals surface area contributed by atoms with E-state index in [1.807, 2.05) is 0 Å². The first-order chi connectivity index (χ1) is 6.75. The van der Waals surface area contributed by atoms with Crippen molar-refractivity contribution in [1.82, 2.24) is 14.7 Å². The number of likely N-dealkylation sites (tertiary alicyclic amines) is 1. The molecule has 2 rings (SSSR count). The van der Waals surface area contributed by atoms with Crippen LogP contribution in [0.3, 0.4) is 0 Å². The van der Waals surface area contributed by atoms with E-state index >= 15 is 0 Å². The van der Waals surface area contributed by atoms with E-state index in [4.69, 9.17) is 0 Å². The Morgan fingerprint density at radius 1 is 1.21 bits per heavy atom. The van der Waals surface area contributed by atoms with Gasteiger partial charge < -0.3 is 0 Å². The highest BCUT2D eigenvalue weighted by Gasteiger charge is 2.11. The molecule has 0 unspecified atom stereocenters. The lowest BCUT2D eigenvalue weighted by molar-refractivity contribution is 0.171. The van der Waals surface area contributed by atoms with Crippen molar-refractivity contribution in [3.8, 4) is 0 Å². The van der Waals surface area contributed by atoms with Crippen molar-refractivity contribution >= 4 is 0 Å². The zero-order valence-corrected chi connectivity index (χ0v) is 9.16. The smallest absolute Gasteiger partial charge is 0.0931 e. The molecule has 1 saturated heterocycles. The molecule has 0 saturated carbocycles. The average molecular weight is 193 g/mol. The maximum absolute atomic E-state index is 4.48. The molecule has 0 radical (unpaired) electrons. The van der Waals surface area contributed by atoms with Crippen molar-refractivity contribution in [1.29, 1.82) is 0 Å². The van der Waals surface area contributed by atoms with Gasteiger partial charge in [0.05, 0.1) is 12.4 Å². The Balaban J connectivity index is 1.98. The molecular formula is C11H19N3. The van der Waals surface area contributed by atoms with Gasteiger partial charge in [0.2, 0.25) is 0 Å². The van der Waals surface area contributed by atoms with E-state index in [1.54, 1.807) is 0 Å². The van der Waals surface area contributed by atoms with Crippen molar-refractivity contribution in [3.63, 3.8) is 0 Å². The van der Waals surface area contributed by atoms with E-state index in [9.17, 15) is 0 Å². The summed E-state index contributed by atoms with van der Waals surface area (Å²) in [5.74, 6) is 0. The first-order valence-electron chi connectivity index (χ1n) is 5.49. The lowest BCUT2D eigenvalue weighted by Gasteiger charge is -2.26. The summed E-state index contributed by atoms with van der Waals surface area (Å²) in [5.41, 5.74) is 2.40. The number of piperidine rings is 1. The quantitative estimate of drug-likeness (QED) is 0.715. The van der Waals surface area contributed by atoms with Crippen molar-refractivity contribution in [2.45, 2.75) is 39.8 Å². The fraction of sp³-hybridized carbons (Fsp3) is 0.727. The second kappa shape index (κ2) is 4.13. The summed E-state index contributed by atoms with van der Waals surface area (Å²) in [5, 5.41) is 4.48.